The quantitative estimate of drug-likeness (QED) is 0.738. The van der Waals surface area contributed by atoms with Crippen molar-refractivity contribution in [1.29, 1.82) is 0 Å². The van der Waals surface area contributed by atoms with Crippen molar-refractivity contribution in [3.63, 3.8) is 0 Å². The highest BCUT2D eigenvalue weighted by molar-refractivity contribution is 5.03. The molecule has 78 valence electrons. The monoisotopic (exact) mass is 194 g/mol. The number of hydrogen-bond donors (Lipinski definition) is 1. The number of nitrogens with zero attached hydrogens (tertiary/aromatic N) is 3. The second-order valence-electron chi connectivity index (χ2n) is 4.14. The fourth-order valence-corrected chi connectivity index (χ4v) is 1.92. The van der Waals surface area contributed by atoms with Crippen LogP contribution in [0.1, 0.15) is 18.4 Å². The maximum Gasteiger partial charge on any atom is 0.0534 e. The molecule has 2 heterocycles. The van der Waals surface area contributed by atoms with Gasteiger partial charge in [-0.1, -0.05) is 0 Å². The summed E-state index contributed by atoms with van der Waals surface area (Å²) in [6.45, 7) is 3.26. The Labute approximate surface area is 84.7 Å². The highest BCUT2D eigenvalue weighted by atomic mass is 15.2. The van der Waals surface area contributed by atoms with E-state index in [1.165, 1.54) is 5.56 Å². The van der Waals surface area contributed by atoms with Gasteiger partial charge in [0.2, 0.25) is 0 Å². The van der Waals surface area contributed by atoms with Gasteiger partial charge in [-0.25, -0.2) is 0 Å². The van der Waals surface area contributed by atoms with E-state index >= 15 is 0 Å². The van der Waals surface area contributed by atoms with Gasteiger partial charge < -0.3 is 5.73 Å². The lowest BCUT2D eigenvalue weighted by Gasteiger charge is -2.29. The number of rotatable bonds is 2. The molecule has 0 aromatic carbocycles. The Hall–Kier alpha value is -0.870. The first-order valence-electron chi connectivity index (χ1n) is 5.19. The lowest BCUT2D eigenvalue weighted by atomic mass is 10.1. The molecule has 1 fully saturated rings. The SMILES string of the molecule is Cn1cc(CN2CCC(N)CC2)cn1. The molecule has 0 saturated carbocycles. The van der Waals surface area contributed by atoms with Crippen LogP contribution in [0.2, 0.25) is 0 Å². The van der Waals surface area contributed by atoms with Crippen LogP contribution < -0.4 is 5.73 Å². The van der Waals surface area contributed by atoms with Gasteiger partial charge in [0.05, 0.1) is 6.20 Å². The molecular weight excluding hydrogens is 176 g/mol. The molecule has 4 heteroatoms. The summed E-state index contributed by atoms with van der Waals surface area (Å²) in [7, 11) is 1.95. The Balaban J connectivity index is 1.86. The third-order valence-corrected chi connectivity index (χ3v) is 2.80. The second-order valence-corrected chi connectivity index (χ2v) is 4.14. The van der Waals surface area contributed by atoms with Crippen LogP contribution in [0.4, 0.5) is 0 Å². The summed E-state index contributed by atoms with van der Waals surface area (Å²) in [6.07, 6.45) is 6.27. The molecule has 1 aromatic rings. The van der Waals surface area contributed by atoms with Crippen LogP contribution in [0.15, 0.2) is 12.4 Å². The van der Waals surface area contributed by atoms with Gasteiger partial charge in [0.15, 0.2) is 0 Å². The molecule has 2 rings (SSSR count). The highest BCUT2D eigenvalue weighted by Gasteiger charge is 2.16. The van der Waals surface area contributed by atoms with Gasteiger partial charge >= 0.3 is 0 Å². The number of likely N-dealkylation sites (tertiary alicyclic amines) is 1. The van der Waals surface area contributed by atoms with Gasteiger partial charge in [0, 0.05) is 31.4 Å². The molecule has 0 spiro atoms. The maximum absolute atomic E-state index is 5.85. The maximum atomic E-state index is 5.85. The van der Waals surface area contributed by atoms with Gasteiger partial charge in [0.25, 0.3) is 0 Å². The van der Waals surface area contributed by atoms with Crippen LogP contribution in [0.5, 0.6) is 0 Å². The van der Waals surface area contributed by atoms with Crippen molar-refractivity contribution in [3.05, 3.63) is 18.0 Å². The summed E-state index contributed by atoms with van der Waals surface area (Å²) < 4.78 is 1.85. The Bertz CT molecular complexity index is 286. The van der Waals surface area contributed by atoms with Crippen molar-refractivity contribution >= 4 is 0 Å². The van der Waals surface area contributed by atoms with Gasteiger partial charge in [0.1, 0.15) is 0 Å². The van der Waals surface area contributed by atoms with E-state index < -0.39 is 0 Å². The summed E-state index contributed by atoms with van der Waals surface area (Å²) in [6, 6.07) is 0.417. The first-order valence-corrected chi connectivity index (χ1v) is 5.19. The molecular formula is C10H18N4. The van der Waals surface area contributed by atoms with E-state index in [0.29, 0.717) is 6.04 Å². The smallest absolute Gasteiger partial charge is 0.0534 e. The molecule has 1 aliphatic rings. The van der Waals surface area contributed by atoms with E-state index in [1.807, 2.05) is 17.9 Å². The lowest BCUT2D eigenvalue weighted by Crippen LogP contribution is -2.39. The van der Waals surface area contributed by atoms with E-state index in [1.54, 1.807) is 0 Å². The molecule has 4 nitrogen and oxygen atoms in total. The molecule has 0 radical (unpaired) electrons. The molecule has 1 aliphatic heterocycles. The number of nitrogens with two attached hydrogens (primary N) is 1. The average Bonchev–Trinajstić information content (AvgIpc) is 2.56. The minimum absolute atomic E-state index is 0.417. The Morgan fingerprint density at radius 1 is 1.50 bits per heavy atom. The van der Waals surface area contributed by atoms with Gasteiger partial charge in [-0.15, -0.1) is 0 Å². The van der Waals surface area contributed by atoms with E-state index in [4.69, 9.17) is 5.73 Å². The van der Waals surface area contributed by atoms with E-state index in [9.17, 15) is 0 Å². The van der Waals surface area contributed by atoms with Crippen LogP contribution in [-0.2, 0) is 13.6 Å². The number of aromatic nitrogens is 2. The van der Waals surface area contributed by atoms with Crippen molar-refractivity contribution in [2.24, 2.45) is 12.8 Å². The predicted molar refractivity (Wildman–Crippen MR) is 55.7 cm³/mol. The van der Waals surface area contributed by atoms with E-state index in [2.05, 4.69) is 16.2 Å². The van der Waals surface area contributed by atoms with Crippen molar-refractivity contribution in [3.8, 4) is 0 Å². The van der Waals surface area contributed by atoms with Crippen LogP contribution in [0.3, 0.4) is 0 Å². The zero-order valence-electron chi connectivity index (χ0n) is 8.69. The summed E-state index contributed by atoms with van der Waals surface area (Å²) in [5, 5.41) is 4.16. The Morgan fingerprint density at radius 2 is 2.21 bits per heavy atom. The normalized spacial score (nSPS) is 20.1. The topological polar surface area (TPSA) is 47.1 Å². The highest BCUT2D eigenvalue weighted by Crippen LogP contribution is 2.11. The zero-order valence-corrected chi connectivity index (χ0v) is 8.69. The van der Waals surface area contributed by atoms with Crippen molar-refractivity contribution in [2.45, 2.75) is 25.4 Å². The van der Waals surface area contributed by atoms with Crippen molar-refractivity contribution < 1.29 is 0 Å². The van der Waals surface area contributed by atoms with Crippen LogP contribution in [0.25, 0.3) is 0 Å². The predicted octanol–water partition coefficient (Wildman–Crippen LogP) is 0.343. The molecule has 0 atom stereocenters. The third-order valence-electron chi connectivity index (χ3n) is 2.80. The minimum Gasteiger partial charge on any atom is -0.328 e. The number of piperidine rings is 1. The average molecular weight is 194 g/mol. The second kappa shape index (κ2) is 4.11. The third kappa shape index (κ3) is 2.33. The molecule has 0 unspecified atom stereocenters. The first kappa shape index (κ1) is 9.68. The summed E-state index contributed by atoms with van der Waals surface area (Å²) in [4.78, 5) is 2.44. The van der Waals surface area contributed by atoms with Crippen molar-refractivity contribution in [1.82, 2.24) is 14.7 Å². The summed E-state index contributed by atoms with van der Waals surface area (Å²) in [5.74, 6) is 0. The molecule has 0 bridgehead atoms. The largest absolute Gasteiger partial charge is 0.328 e. The molecule has 1 saturated heterocycles. The van der Waals surface area contributed by atoms with Gasteiger partial charge in [-0.2, -0.15) is 5.10 Å². The van der Waals surface area contributed by atoms with Crippen molar-refractivity contribution in [2.75, 3.05) is 13.1 Å². The fourth-order valence-electron chi connectivity index (χ4n) is 1.92. The fraction of sp³-hybridized carbons (Fsp3) is 0.700. The first-order chi connectivity index (χ1) is 6.74. The van der Waals surface area contributed by atoms with Crippen LogP contribution >= 0.6 is 0 Å². The Morgan fingerprint density at radius 3 is 2.79 bits per heavy atom. The van der Waals surface area contributed by atoms with Crippen LogP contribution in [-0.4, -0.2) is 33.8 Å². The van der Waals surface area contributed by atoms with E-state index in [0.717, 1.165) is 32.5 Å². The molecule has 0 amide bonds. The molecule has 2 N–H and O–H groups in total. The summed E-state index contributed by atoms with van der Waals surface area (Å²) in [5.41, 5.74) is 7.15. The molecule has 14 heavy (non-hydrogen) atoms. The lowest BCUT2D eigenvalue weighted by molar-refractivity contribution is 0.205. The standard InChI is InChI=1S/C10H18N4/c1-13-7-9(6-12-13)8-14-4-2-10(11)3-5-14/h6-7,10H,2-5,8,11H2,1H3. The van der Waals surface area contributed by atoms with Gasteiger partial charge in [-0.05, 0) is 25.9 Å². The Kier molecular flexibility index (Phi) is 2.84. The molecule has 0 aliphatic carbocycles. The van der Waals surface area contributed by atoms with Crippen LogP contribution in [0, 0.1) is 0 Å². The number of hydrogen-bond acceptors (Lipinski definition) is 3. The van der Waals surface area contributed by atoms with Gasteiger partial charge in [-0.3, -0.25) is 9.58 Å². The van der Waals surface area contributed by atoms with E-state index in [-0.39, 0.29) is 0 Å². The molecule has 1 aromatic heterocycles. The minimum atomic E-state index is 0.417. The number of aryl methyl sites for hydroxylation is 1. The zero-order chi connectivity index (χ0) is 9.97. The summed E-state index contributed by atoms with van der Waals surface area (Å²) >= 11 is 0.